The molecule has 0 aromatic heterocycles. The van der Waals surface area contributed by atoms with Crippen molar-refractivity contribution in [3.63, 3.8) is 0 Å². The summed E-state index contributed by atoms with van der Waals surface area (Å²) in [7, 11) is -1.88. The molecule has 0 aromatic rings. The molecule has 186 valence electrons. The Balaban J connectivity index is 1.79. The average Bonchev–Trinajstić information content (AvgIpc) is 3.36. The lowest BCUT2D eigenvalue weighted by molar-refractivity contribution is -0.145. The van der Waals surface area contributed by atoms with Gasteiger partial charge in [0.05, 0.1) is 18.3 Å². The highest BCUT2D eigenvalue weighted by Gasteiger charge is 2.43. The molecule has 2 aliphatic rings. The smallest absolute Gasteiger partial charge is 0.331 e. The molecule has 1 fully saturated rings. The Morgan fingerprint density at radius 3 is 2.12 bits per heavy atom. The van der Waals surface area contributed by atoms with Gasteiger partial charge in [0.15, 0.2) is 8.32 Å². The van der Waals surface area contributed by atoms with Gasteiger partial charge in [0.2, 0.25) is 0 Å². The summed E-state index contributed by atoms with van der Waals surface area (Å²) in [6, 6.07) is 0. The first-order chi connectivity index (χ1) is 15.1. The summed E-state index contributed by atoms with van der Waals surface area (Å²) in [5, 5.41) is 0.185. The van der Waals surface area contributed by atoms with Crippen molar-refractivity contribution in [3.05, 3.63) is 12.2 Å². The van der Waals surface area contributed by atoms with Crippen molar-refractivity contribution < 1.29 is 18.7 Å². The lowest BCUT2D eigenvalue weighted by Gasteiger charge is -2.41. The topological polar surface area (TPSA) is 44.8 Å². The van der Waals surface area contributed by atoms with Crippen molar-refractivity contribution in [1.82, 2.24) is 0 Å². The molecule has 0 radical (unpaired) electrons. The molecular weight excluding hydrogens is 416 g/mol. The molecule has 0 aliphatic carbocycles. The van der Waals surface area contributed by atoms with Gasteiger partial charge in [-0.1, -0.05) is 91.9 Å². The zero-order chi connectivity index (χ0) is 23.6. The highest BCUT2D eigenvalue weighted by atomic mass is 28.4. The van der Waals surface area contributed by atoms with Gasteiger partial charge in [-0.2, -0.15) is 0 Å². The van der Waals surface area contributed by atoms with Crippen LogP contribution in [0.15, 0.2) is 12.2 Å². The number of carbonyl (C=O) groups excluding carboxylic acids is 1. The van der Waals surface area contributed by atoms with Crippen LogP contribution in [-0.4, -0.2) is 38.7 Å². The molecule has 0 saturated carbocycles. The number of hydrogen-bond donors (Lipinski definition) is 0. The largest absolute Gasteiger partial charge is 0.452 e. The Morgan fingerprint density at radius 2 is 1.59 bits per heavy atom. The number of carbonyl (C=O) groups is 1. The highest BCUT2D eigenvalue weighted by molar-refractivity contribution is 6.74. The summed E-state index contributed by atoms with van der Waals surface area (Å²) in [6.07, 6.45) is 19.9. The molecule has 2 aliphatic heterocycles. The van der Waals surface area contributed by atoms with E-state index in [1.807, 2.05) is 6.08 Å². The zero-order valence-electron chi connectivity index (χ0n) is 21.8. The molecule has 0 N–H and O–H groups in total. The number of unbranched alkanes of at least 4 members (excludes halogenated alkanes) is 9. The third-order valence-corrected chi connectivity index (χ3v) is 12.1. The van der Waals surface area contributed by atoms with Gasteiger partial charge in [0.25, 0.3) is 0 Å². The second-order valence-corrected chi connectivity index (χ2v) is 16.2. The third-order valence-electron chi connectivity index (χ3n) is 7.63. The standard InChI is InChI=1S/C27H50O4Si/c1-7-8-9-10-11-12-13-14-15-16-17-25(31-32(5,6)27(2,3)4)24-19-18-22(29-24)23-20-21-26(28)30-23/h20-25H,7-19H2,1-6H3/t22-,23-,24?,25-/m0/s1. The molecule has 2 heterocycles. The fraction of sp³-hybridized carbons (Fsp3) is 0.889. The molecule has 1 unspecified atom stereocenters. The molecular formula is C27H50O4Si. The maximum atomic E-state index is 11.5. The molecule has 32 heavy (non-hydrogen) atoms. The first kappa shape index (κ1) is 27.6. The van der Waals surface area contributed by atoms with Gasteiger partial charge >= 0.3 is 5.97 Å². The highest BCUT2D eigenvalue weighted by Crippen LogP contribution is 2.40. The van der Waals surface area contributed by atoms with E-state index in [2.05, 4.69) is 40.8 Å². The van der Waals surface area contributed by atoms with E-state index in [-0.39, 0.29) is 35.4 Å². The molecule has 0 bridgehead atoms. The van der Waals surface area contributed by atoms with Crippen LogP contribution in [0.2, 0.25) is 18.1 Å². The molecule has 5 heteroatoms. The Labute approximate surface area is 199 Å². The monoisotopic (exact) mass is 466 g/mol. The Kier molecular flexibility index (Phi) is 11.5. The summed E-state index contributed by atoms with van der Waals surface area (Å²) in [6.45, 7) is 13.9. The fourth-order valence-corrected chi connectivity index (χ4v) is 5.88. The van der Waals surface area contributed by atoms with E-state index < -0.39 is 8.32 Å². The fourth-order valence-electron chi connectivity index (χ4n) is 4.50. The second kappa shape index (κ2) is 13.3. The average molecular weight is 467 g/mol. The van der Waals surface area contributed by atoms with E-state index in [1.54, 1.807) is 0 Å². The van der Waals surface area contributed by atoms with Gasteiger partial charge in [0, 0.05) is 6.08 Å². The molecule has 4 nitrogen and oxygen atoms in total. The summed E-state index contributed by atoms with van der Waals surface area (Å²) in [4.78, 5) is 11.5. The molecule has 0 spiro atoms. The van der Waals surface area contributed by atoms with Gasteiger partial charge in [-0.15, -0.1) is 0 Å². The number of rotatable bonds is 15. The van der Waals surface area contributed by atoms with Crippen molar-refractivity contribution in [2.45, 2.75) is 154 Å². The van der Waals surface area contributed by atoms with E-state index in [0.29, 0.717) is 0 Å². The van der Waals surface area contributed by atoms with Crippen molar-refractivity contribution in [1.29, 1.82) is 0 Å². The summed E-state index contributed by atoms with van der Waals surface area (Å²) in [5.41, 5.74) is 0. The van der Waals surface area contributed by atoms with Crippen LogP contribution in [0.3, 0.4) is 0 Å². The summed E-state index contributed by atoms with van der Waals surface area (Å²) in [5.74, 6) is -0.249. The van der Waals surface area contributed by atoms with Crippen LogP contribution in [0.5, 0.6) is 0 Å². The predicted octanol–water partition coefficient (Wildman–Crippen LogP) is 7.72. The minimum absolute atomic E-state index is 0.0269. The van der Waals surface area contributed by atoms with Crippen molar-refractivity contribution in [2.24, 2.45) is 0 Å². The maximum absolute atomic E-state index is 11.5. The molecule has 0 aromatic carbocycles. The summed E-state index contributed by atoms with van der Waals surface area (Å²) < 4.78 is 18.7. The quantitative estimate of drug-likeness (QED) is 0.141. The van der Waals surface area contributed by atoms with Crippen molar-refractivity contribution in [3.8, 4) is 0 Å². The lowest BCUT2D eigenvalue weighted by Crippen LogP contribution is -2.47. The molecule has 2 rings (SSSR count). The lowest BCUT2D eigenvalue weighted by atomic mass is 10.0. The van der Waals surface area contributed by atoms with Crippen LogP contribution in [-0.2, 0) is 18.7 Å². The van der Waals surface area contributed by atoms with E-state index in [4.69, 9.17) is 13.9 Å². The zero-order valence-corrected chi connectivity index (χ0v) is 22.8. The van der Waals surface area contributed by atoms with Crippen LogP contribution in [0.1, 0.15) is 111 Å². The van der Waals surface area contributed by atoms with Gasteiger partial charge in [-0.05, 0) is 43.5 Å². The normalized spacial score (nSPS) is 24.8. The van der Waals surface area contributed by atoms with E-state index in [1.165, 1.54) is 70.3 Å². The van der Waals surface area contributed by atoms with Crippen LogP contribution in [0, 0.1) is 0 Å². The van der Waals surface area contributed by atoms with Crippen LogP contribution >= 0.6 is 0 Å². The number of esters is 1. The van der Waals surface area contributed by atoms with Crippen molar-refractivity contribution >= 4 is 14.3 Å². The van der Waals surface area contributed by atoms with E-state index >= 15 is 0 Å². The van der Waals surface area contributed by atoms with E-state index in [9.17, 15) is 4.79 Å². The second-order valence-electron chi connectivity index (χ2n) is 11.4. The Hall–Kier alpha value is -0.653. The molecule has 0 amide bonds. The van der Waals surface area contributed by atoms with Gasteiger partial charge < -0.3 is 13.9 Å². The first-order valence-corrected chi connectivity index (χ1v) is 16.3. The van der Waals surface area contributed by atoms with Gasteiger partial charge in [0.1, 0.15) is 6.10 Å². The van der Waals surface area contributed by atoms with Gasteiger partial charge in [-0.3, -0.25) is 0 Å². The van der Waals surface area contributed by atoms with Crippen LogP contribution in [0.4, 0.5) is 0 Å². The minimum atomic E-state index is -1.88. The van der Waals surface area contributed by atoms with E-state index in [0.717, 1.165) is 19.3 Å². The van der Waals surface area contributed by atoms with Gasteiger partial charge in [-0.25, -0.2) is 4.79 Å². The third kappa shape index (κ3) is 8.94. The number of cyclic esters (lactones) is 1. The minimum Gasteiger partial charge on any atom is -0.452 e. The van der Waals surface area contributed by atoms with Crippen LogP contribution < -0.4 is 0 Å². The SMILES string of the molecule is CCCCCCCCCCCC[C@H](O[Si](C)(C)C(C)(C)C)C1CC[C@@H]([C@@H]2C=CC(=O)O2)O1. The Morgan fingerprint density at radius 1 is 1.00 bits per heavy atom. The first-order valence-electron chi connectivity index (χ1n) is 13.4. The Bertz CT molecular complexity index is 581. The maximum Gasteiger partial charge on any atom is 0.331 e. The number of hydrogen-bond acceptors (Lipinski definition) is 4. The molecule has 1 saturated heterocycles. The van der Waals surface area contributed by atoms with Crippen molar-refractivity contribution in [2.75, 3.05) is 0 Å². The summed E-state index contributed by atoms with van der Waals surface area (Å²) >= 11 is 0. The number of ether oxygens (including phenoxy) is 2. The molecule has 4 atom stereocenters. The predicted molar refractivity (Wildman–Crippen MR) is 135 cm³/mol. The van der Waals surface area contributed by atoms with Crippen LogP contribution in [0.25, 0.3) is 0 Å².